The second kappa shape index (κ2) is 12.3. The second-order valence-corrected chi connectivity index (χ2v) is 13.3. The van der Waals surface area contributed by atoms with Crippen LogP contribution in [0.25, 0.3) is 6.08 Å². The number of aromatic nitrogens is 1. The molecule has 6 rings (SSSR count). The highest BCUT2D eigenvalue weighted by atomic mass is 35.5. The lowest BCUT2D eigenvalue weighted by Gasteiger charge is -2.39. The van der Waals surface area contributed by atoms with E-state index >= 15 is 0 Å². The zero-order valence-corrected chi connectivity index (χ0v) is 26.3. The molecule has 0 N–H and O–H groups in total. The van der Waals surface area contributed by atoms with Crippen LogP contribution in [-0.4, -0.2) is 42.0 Å². The fourth-order valence-electron chi connectivity index (χ4n) is 6.37. The molecule has 0 aliphatic carbocycles. The summed E-state index contributed by atoms with van der Waals surface area (Å²) in [6.45, 7) is 9.57. The number of pyridine rings is 1. The van der Waals surface area contributed by atoms with Gasteiger partial charge in [0.25, 0.3) is 5.91 Å². The molecule has 3 aromatic carbocycles. The molecule has 0 unspecified atom stereocenters. The molecule has 2 aliphatic rings. The van der Waals surface area contributed by atoms with Gasteiger partial charge in [0.05, 0.1) is 0 Å². The van der Waals surface area contributed by atoms with Crippen LogP contribution in [-0.2, 0) is 5.41 Å². The minimum absolute atomic E-state index is 0.0525. The normalized spacial score (nSPS) is 16.3. The smallest absolute Gasteiger partial charge is 0.258 e. The summed E-state index contributed by atoms with van der Waals surface area (Å²) in [7, 11) is 0. The van der Waals surface area contributed by atoms with E-state index in [1.54, 1.807) is 30.0 Å². The minimum Gasteiger partial charge on any atom is -0.307 e. The van der Waals surface area contributed by atoms with Crippen LogP contribution in [0.3, 0.4) is 0 Å². The fraction of sp³-hybridized carbons (Fsp3) is 0.278. The first-order valence-electron chi connectivity index (χ1n) is 14.7. The van der Waals surface area contributed by atoms with Gasteiger partial charge >= 0.3 is 0 Å². The van der Waals surface area contributed by atoms with Crippen LogP contribution in [0.2, 0.25) is 5.15 Å². The average Bonchev–Trinajstić information content (AvgIpc) is 3.28. The Morgan fingerprint density at radius 1 is 0.977 bits per heavy atom. The first kappa shape index (κ1) is 29.6. The molecule has 3 heterocycles. The van der Waals surface area contributed by atoms with Crippen LogP contribution in [0.5, 0.6) is 0 Å². The number of fused-ring (bicyclic) bond motifs is 2. The Bertz CT molecular complexity index is 1680. The SMILES string of the molecule is Cc1ccc(C=CCN2CCC3(CC2)CN(C(=O)c2cc(C)nc(Cl)c2)c2ccc(Sc4ccc(F)cc4)cc23)c(C)c1. The zero-order chi connectivity index (χ0) is 30.1. The monoisotopic (exact) mass is 611 g/mol. The summed E-state index contributed by atoms with van der Waals surface area (Å²) in [4.78, 5) is 24.7. The lowest BCUT2D eigenvalue weighted by atomic mass is 9.74. The van der Waals surface area contributed by atoms with E-state index < -0.39 is 0 Å². The van der Waals surface area contributed by atoms with Gasteiger partial charge in [-0.3, -0.25) is 9.69 Å². The molecule has 220 valence electrons. The number of rotatable bonds is 6. The van der Waals surface area contributed by atoms with Gasteiger partial charge in [-0.2, -0.15) is 0 Å². The molecule has 1 aromatic heterocycles. The van der Waals surface area contributed by atoms with Crippen molar-refractivity contribution in [2.45, 2.75) is 48.8 Å². The van der Waals surface area contributed by atoms with Gasteiger partial charge in [-0.1, -0.05) is 59.3 Å². The number of carbonyl (C=O) groups excluding carboxylic acids is 1. The molecule has 0 saturated carbocycles. The molecule has 0 radical (unpaired) electrons. The number of carbonyl (C=O) groups is 1. The summed E-state index contributed by atoms with van der Waals surface area (Å²) < 4.78 is 13.5. The lowest BCUT2D eigenvalue weighted by Crippen LogP contribution is -2.46. The Hall–Kier alpha value is -3.45. The number of benzene rings is 3. The fourth-order valence-corrected chi connectivity index (χ4v) is 7.48. The van der Waals surface area contributed by atoms with E-state index in [1.165, 1.54) is 34.4 Å². The number of nitrogens with zero attached hydrogens (tertiary/aromatic N) is 3. The molecule has 1 saturated heterocycles. The average molecular weight is 612 g/mol. The van der Waals surface area contributed by atoms with E-state index in [9.17, 15) is 9.18 Å². The Kier molecular flexibility index (Phi) is 8.45. The van der Waals surface area contributed by atoms with Gasteiger partial charge in [-0.25, -0.2) is 9.37 Å². The number of halogens is 2. The maximum Gasteiger partial charge on any atom is 0.258 e. The maximum absolute atomic E-state index is 13.9. The van der Waals surface area contributed by atoms with Gasteiger partial charge in [-0.15, -0.1) is 0 Å². The minimum atomic E-state index is -0.242. The quantitative estimate of drug-likeness (QED) is 0.204. The van der Waals surface area contributed by atoms with E-state index in [0.717, 1.165) is 53.6 Å². The van der Waals surface area contributed by atoms with Crippen LogP contribution >= 0.6 is 23.4 Å². The third-order valence-electron chi connectivity index (χ3n) is 8.65. The van der Waals surface area contributed by atoms with Crippen molar-refractivity contribution in [3.05, 3.63) is 123 Å². The number of likely N-dealkylation sites (tertiary alicyclic amines) is 1. The van der Waals surface area contributed by atoms with Gasteiger partial charge < -0.3 is 4.90 Å². The van der Waals surface area contributed by atoms with Gasteiger partial charge in [0, 0.05) is 45.2 Å². The maximum atomic E-state index is 13.9. The highest BCUT2D eigenvalue weighted by Crippen LogP contribution is 2.49. The number of hydrogen-bond donors (Lipinski definition) is 0. The van der Waals surface area contributed by atoms with Crippen molar-refractivity contribution >= 4 is 41.0 Å². The highest BCUT2D eigenvalue weighted by Gasteiger charge is 2.46. The van der Waals surface area contributed by atoms with Crippen LogP contribution in [0.1, 0.15) is 51.1 Å². The van der Waals surface area contributed by atoms with Crippen LogP contribution in [0.15, 0.2) is 88.7 Å². The summed E-state index contributed by atoms with van der Waals surface area (Å²) in [5.74, 6) is -0.295. The molecule has 7 heteroatoms. The summed E-state index contributed by atoms with van der Waals surface area (Å²) >= 11 is 7.86. The second-order valence-electron chi connectivity index (χ2n) is 11.8. The predicted octanol–water partition coefficient (Wildman–Crippen LogP) is 8.66. The summed E-state index contributed by atoms with van der Waals surface area (Å²) in [5, 5.41) is 0.325. The molecule has 2 aliphatic heterocycles. The van der Waals surface area contributed by atoms with Crippen LogP contribution in [0, 0.1) is 26.6 Å². The number of amides is 1. The third-order valence-corrected chi connectivity index (χ3v) is 9.85. The van der Waals surface area contributed by atoms with E-state index in [0.29, 0.717) is 17.3 Å². The van der Waals surface area contributed by atoms with Crippen molar-refractivity contribution in [3.63, 3.8) is 0 Å². The lowest BCUT2D eigenvalue weighted by molar-refractivity contribution is 0.0977. The number of piperidine rings is 1. The van der Waals surface area contributed by atoms with Gasteiger partial charge in [0.15, 0.2) is 0 Å². The summed E-state index contributed by atoms with van der Waals surface area (Å²) in [6, 6.07) is 23.0. The molecule has 4 aromatic rings. The van der Waals surface area contributed by atoms with Crippen molar-refractivity contribution < 1.29 is 9.18 Å². The van der Waals surface area contributed by atoms with Crippen LogP contribution < -0.4 is 4.90 Å². The standard InChI is InChI=1S/C36H35ClFN3OS/c1-24-6-7-27(25(2)19-24)5-4-16-40-17-14-36(15-18-40)23-41(35(42)28-20-26(3)39-34(37)21-28)33-13-12-31(22-32(33)36)43-30-10-8-29(38)9-11-30/h4-13,19-22H,14-18,23H2,1-3H3. The first-order valence-corrected chi connectivity index (χ1v) is 15.9. The topological polar surface area (TPSA) is 36.4 Å². The Labute approximate surface area is 262 Å². The van der Waals surface area contributed by atoms with E-state index in [2.05, 4.69) is 72.3 Å². The Balaban J connectivity index is 1.25. The Morgan fingerprint density at radius 3 is 2.44 bits per heavy atom. The zero-order valence-electron chi connectivity index (χ0n) is 24.7. The predicted molar refractivity (Wildman–Crippen MR) is 175 cm³/mol. The molecule has 43 heavy (non-hydrogen) atoms. The molecule has 4 nitrogen and oxygen atoms in total. The van der Waals surface area contributed by atoms with E-state index in [4.69, 9.17) is 11.6 Å². The first-order chi connectivity index (χ1) is 20.7. The van der Waals surface area contributed by atoms with Crippen molar-refractivity contribution in [1.29, 1.82) is 0 Å². The number of aryl methyl sites for hydroxylation is 3. The van der Waals surface area contributed by atoms with Crippen molar-refractivity contribution in [2.75, 3.05) is 31.1 Å². The highest BCUT2D eigenvalue weighted by molar-refractivity contribution is 7.99. The largest absolute Gasteiger partial charge is 0.307 e. The Morgan fingerprint density at radius 2 is 1.72 bits per heavy atom. The molecule has 0 atom stereocenters. The number of hydrogen-bond acceptors (Lipinski definition) is 4. The molecule has 1 spiro atoms. The van der Waals surface area contributed by atoms with Gasteiger partial charge in [0.2, 0.25) is 0 Å². The molecule has 0 bridgehead atoms. The van der Waals surface area contributed by atoms with Gasteiger partial charge in [-0.05, 0) is 118 Å². The third kappa shape index (κ3) is 6.42. The van der Waals surface area contributed by atoms with E-state index in [1.807, 2.05) is 17.9 Å². The van der Waals surface area contributed by atoms with E-state index in [-0.39, 0.29) is 17.1 Å². The summed E-state index contributed by atoms with van der Waals surface area (Å²) in [6.07, 6.45) is 6.41. The molecular formula is C36H35ClFN3OS. The van der Waals surface area contributed by atoms with Crippen molar-refractivity contribution in [1.82, 2.24) is 9.88 Å². The van der Waals surface area contributed by atoms with Crippen molar-refractivity contribution in [3.8, 4) is 0 Å². The number of anilines is 1. The van der Waals surface area contributed by atoms with Gasteiger partial charge in [0.1, 0.15) is 11.0 Å². The van der Waals surface area contributed by atoms with Crippen LogP contribution in [0.4, 0.5) is 10.1 Å². The molecular weight excluding hydrogens is 577 g/mol. The summed E-state index contributed by atoms with van der Waals surface area (Å²) in [5.41, 5.74) is 7.15. The molecule has 1 fully saturated rings. The van der Waals surface area contributed by atoms with Crippen molar-refractivity contribution in [2.24, 2.45) is 0 Å². The molecule has 1 amide bonds.